The Balaban J connectivity index is 2.83. The lowest BCUT2D eigenvalue weighted by molar-refractivity contribution is 0.112. The molecule has 1 aromatic carbocycles. The summed E-state index contributed by atoms with van der Waals surface area (Å²) >= 11 is 0. The summed E-state index contributed by atoms with van der Waals surface area (Å²) in [5.41, 5.74) is 2.98. The van der Waals surface area contributed by atoms with Crippen LogP contribution < -0.4 is 0 Å². The first kappa shape index (κ1) is 8.05. The van der Waals surface area contributed by atoms with Crippen molar-refractivity contribution in [3.8, 4) is 0 Å². The molecular weight excluding hydrogens is 162 g/mol. The molecule has 2 heteroatoms. The van der Waals surface area contributed by atoms with Crippen LogP contribution in [0, 0.1) is 6.92 Å². The number of aryl methyl sites for hydroxylation is 2. The second-order valence-corrected chi connectivity index (χ2v) is 3.31. The lowest BCUT2D eigenvalue weighted by Gasteiger charge is -2.00. The highest BCUT2D eigenvalue weighted by Gasteiger charge is 2.02. The zero-order valence-electron chi connectivity index (χ0n) is 7.74. The fraction of sp³-hybridized carbons (Fsp3) is 0.182. The summed E-state index contributed by atoms with van der Waals surface area (Å²) in [7, 11) is 2.00. The van der Waals surface area contributed by atoms with E-state index in [0.29, 0.717) is 0 Å². The molecule has 1 heterocycles. The Kier molecular flexibility index (Phi) is 1.69. The SMILES string of the molecule is Cc1cc2c(ccn2C)cc1C=O. The molecule has 1 aromatic heterocycles. The average Bonchev–Trinajstić information content (AvgIpc) is 2.47. The van der Waals surface area contributed by atoms with Gasteiger partial charge in [0.05, 0.1) is 0 Å². The van der Waals surface area contributed by atoms with Gasteiger partial charge in [-0.05, 0) is 30.7 Å². The third kappa shape index (κ3) is 1.15. The van der Waals surface area contributed by atoms with Crippen LogP contribution >= 0.6 is 0 Å². The van der Waals surface area contributed by atoms with E-state index >= 15 is 0 Å². The van der Waals surface area contributed by atoms with Crippen LogP contribution in [0.2, 0.25) is 0 Å². The van der Waals surface area contributed by atoms with E-state index < -0.39 is 0 Å². The Morgan fingerprint density at radius 1 is 1.38 bits per heavy atom. The first-order valence-corrected chi connectivity index (χ1v) is 4.23. The van der Waals surface area contributed by atoms with Gasteiger partial charge in [-0.25, -0.2) is 0 Å². The number of rotatable bonds is 1. The molecule has 0 N–H and O–H groups in total. The van der Waals surface area contributed by atoms with Crippen molar-refractivity contribution in [2.24, 2.45) is 7.05 Å². The smallest absolute Gasteiger partial charge is 0.150 e. The Bertz CT molecular complexity index is 468. The van der Waals surface area contributed by atoms with E-state index in [-0.39, 0.29) is 0 Å². The van der Waals surface area contributed by atoms with Gasteiger partial charge in [0.2, 0.25) is 0 Å². The van der Waals surface area contributed by atoms with E-state index in [2.05, 4.69) is 4.57 Å². The number of carbonyl (C=O) groups excluding carboxylic acids is 1. The average molecular weight is 173 g/mol. The van der Waals surface area contributed by atoms with E-state index in [9.17, 15) is 4.79 Å². The van der Waals surface area contributed by atoms with E-state index in [1.54, 1.807) is 0 Å². The molecule has 0 amide bonds. The van der Waals surface area contributed by atoms with Crippen LogP contribution in [0.25, 0.3) is 10.9 Å². The van der Waals surface area contributed by atoms with Gasteiger partial charge in [0.25, 0.3) is 0 Å². The van der Waals surface area contributed by atoms with Crippen LogP contribution in [0.1, 0.15) is 15.9 Å². The number of carbonyl (C=O) groups is 1. The van der Waals surface area contributed by atoms with Crippen LogP contribution in [-0.4, -0.2) is 10.9 Å². The molecule has 0 atom stereocenters. The van der Waals surface area contributed by atoms with Gasteiger partial charge in [-0.2, -0.15) is 0 Å². The maximum absolute atomic E-state index is 10.7. The minimum Gasteiger partial charge on any atom is -0.351 e. The van der Waals surface area contributed by atoms with E-state index in [4.69, 9.17) is 0 Å². The van der Waals surface area contributed by atoms with Gasteiger partial charge in [0.1, 0.15) is 6.29 Å². The normalized spacial score (nSPS) is 10.6. The monoisotopic (exact) mass is 173 g/mol. The minimum absolute atomic E-state index is 0.777. The summed E-state index contributed by atoms with van der Waals surface area (Å²) in [5.74, 6) is 0. The van der Waals surface area contributed by atoms with Gasteiger partial charge in [-0.1, -0.05) is 0 Å². The number of hydrogen-bond acceptors (Lipinski definition) is 1. The van der Waals surface area contributed by atoms with Crippen LogP contribution in [0.3, 0.4) is 0 Å². The zero-order valence-corrected chi connectivity index (χ0v) is 7.74. The minimum atomic E-state index is 0.777. The Labute approximate surface area is 76.8 Å². The van der Waals surface area contributed by atoms with Crippen LogP contribution in [-0.2, 0) is 7.05 Å². The van der Waals surface area contributed by atoms with Crippen molar-refractivity contribution in [1.29, 1.82) is 0 Å². The number of aldehydes is 1. The van der Waals surface area contributed by atoms with Crippen molar-refractivity contribution >= 4 is 17.2 Å². The molecule has 0 saturated heterocycles. The molecule has 66 valence electrons. The second-order valence-electron chi connectivity index (χ2n) is 3.31. The summed E-state index contributed by atoms with van der Waals surface area (Å²) in [6.07, 6.45) is 2.90. The van der Waals surface area contributed by atoms with Gasteiger partial charge in [-0.15, -0.1) is 0 Å². The van der Waals surface area contributed by atoms with Gasteiger partial charge >= 0.3 is 0 Å². The summed E-state index contributed by atoms with van der Waals surface area (Å²) in [4.78, 5) is 10.7. The standard InChI is InChI=1S/C11H11NO/c1-8-5-11-9(3-4-12(11)2)6-10(8)7-13/h3-7H,1-2H3. The third-order valence-electron chi connectivity index (χ3n) is 2.40. The molecule has 0 spiro atoms. The Morgan fingerprint density at radius 3 is 2.85 bits per heavy atom. The van der Waals surface area contributed by atoms with Gasteiger partial charge < -0.3 is 4.57 Å². The maximum Gasteiger partial charge on any atom is 0.150 e. The fourth-order valence-electron chi connectivity index (χ4n) is 1.57. The van der Waals surface area contributed by atoms with E-state index in [1.165, 1.54) is 5.52 Å². The molecule has 0 aliphatic rings. The molecular formula is C11H11NO. The first-order chi connectivity index (χ1) is 6.22. The molecule has 0 unspecified atom stereocenters. The van der Waals surface area contributed by atoms with Gasteiger partial charge in [-0.3, -0.25) is 4.79 Å². The summed E-state index contributed by atoms with van der Waals surface area (Å²) in [5, 5.41) is 1.12. The molecule has 2 rings (SSSR count). The van der Waals surface area contributed by atoms with Gasteiger partial charge in [0.15, 0.2) is 0 Å². The number of aromatic nitrogens is 1. The first-order valence-electron chi connectivity index (χ1n) is 4.23. The van der Waals surface area contributed by atoms with Crippen molar-refractivity contribution in [1.82, 2.24) is 4.57 Å². The highest BCUT2D eigenvalue weighted by Crippen LogP contribution is 2.18. The molecule has 2 aromatic rings. The van der Waals surface area contributed by atoms with Gasteiger partial charge in [0, 0.05) is 29.7 Å². The Hall–Kier alpha value is -1.57. The molecule has 0 radical (unpaired) electrons. The van der Waals surface area contributed by atoms with Crippen molar-refractivity contribution in [2.75, 3.05) is 0 Å². The summed E-state index contributed by atoms with van der Waals surface area (Å²) in [6.45, 7) is 1.95. The highest BCUT2D eigenvalue weighted by molar-refractivity contribution is 5.89. The van der Waals surface area contributed by atoms with Crippen LogP contribution in [0.15, 0.2) is 24.4 Å². The largest absolute Gasteiger partial charge is 0.351 e. The Morgan fingerprint density at radius 2 is 2.15 bits per heavy atom. The quantitative estimate of drug-likeness (QED) is 0.606. The van der Waals surface area contributed by atoms with Crippen molar-refractivity contribution < 1.29 is 4.79 Å². The lowest BCUT2D eigenvalue weighted by Crippen LogP contribution is -1.89. The predicted molar refractivity (Wildman–Crippen MR) is 53.0 cm³/mol. The van der Waals surface area contributed by atoms with Crippen LogP contribution in [0.4, 0.5) is 0 Å². The van der Waals surface area contributed by atoms with Crippen LogP contribution in [0.5, 0.6) is 0 Å². The number of fused-ring (bicyclic) bond motifs is 1. The fourth-order valence-corrected chi connectivity index (χ4v) is 1.57. The lowest BCUT2D eigenvalue weighted by atomic mass is 10.1. The van der Waals surface area contributed by atoms with Crippen molar-refractivity contribution in [3.05, 3.63) is 35.5 Å². The molecule has 0 aliphatic carbocycles. The molecule has 0 aliphatic heterocycles. The molecule has 13 heavy (non-hydrogen) atoms. The zero-order chi connectivity index (χ0) is 9.42. The maximum atomic E-state index is 10.7. The number of hydrogen-bond donors (Lipinski definition) is 0. The number of benzene rings is 1. The van der Waals surface area contributed by atoms with Crippen molar-refractivity contribution in [2.45, 2.75) is 6.92 Å². The highest BCUT2D eigenvalue weighted by atomic mass is 16.1. The molecule has 0 saturated carbocycles. The summed E-state index contributed by atoms with van der Waals surface area (Å²) in [6, 6.07) is 5.98. The van der Waals surface area contributed by atoms with Crippen molar-refractivity contribution in [3.63, 3.8) is 0 Å². The predicted octanol–water partition coefficient (Wildman–Crippen LogP) is 2.30. The second kappa shape index (κ2) is 2.73. The topological polar surface area (TPSA) is 22.0 Å². The molecule has 2 nitrogen and oxygen atoms in total. The molecule has 0 fully saturated rings. The molecule has 0 bridgehead atoms. The van der Waals surface area contributed by atoms with E-state index in [1.807, 2.05) is 38.4 Å². The number of nitrogens with zero attached hydrogens (tertiary/aromatic N) is 1. The van der Waals surface area contributed by atoms with E-state index in [0.717, 1.165) is 22.8 Å². The summed E-state index contributed by atoms with van der Waals surface area (Å²) < 4.78 is 2.05. The third-order valence-corrected chi connectivity index (χ3v) is 2.40.